The van der Waals surface area contributed by atoms with Crippen molar-refractivity contribution in [3.8, 4) is 22.8 Å². The Labute approximate surface area is 238 Å². The Morgan fingerprint density at radius 2 is 1.85 bits per heavy atom. The summed E-state index contributed by atoms with van der Waals surface area (Å²) in [5, 5.41) is 5.72. The Morgan fingerprint density at radius 1 is 1.10 bits per heavy atom. The van der Waals surface area contributed by atoms with Gasteiger partial charge in [0.2, 0.25) is 5.91 Å². The topological polar surface area (TPSA) is 105 Å². The van der Waals surface area contributed by atoms with Crippen LogP contribution in [0.25, 0.3) is 28.0 Å². The largest absolute Gasteiger partial charge is 0.490 e. The smallest absolute Gasteiger partial charge is 0.217 e. The second-order valence-corrected chi connectivity index (χ2v) is 16.6. The van der Waals surface area contributed by atoms with Crippen LogP contribution in [0, 0.1) is 6.42 Å². The Kier molecular flexibility index (Phi) is 8.75. The number of nitrogens with zero attached hydrogens (tertiary/aromatic N) is 4. The lowest BCUT2D eigenvalue weighted by atomic mass is 10.1. The number of rotatable bonds is 11. The molecule has 1 aromatic carbocycles. The van der Waals surface area contributed by atoms with Crippen molar-refractivity contribution in [1.29, 1.82) is 0 Å². The number of amides is 1. The quantitative estimate of drug-likeness (QED) is 0.208. The second-order valence-electron chi connectivity index (χ2n) is 11.8. The first-order valence-electron chi connectivity index (χ1n) is 13.7. The first-order valence-corrected chi connectivity index (χ1v) is 16.6. The second kappa shape index (κ2) is 11.9. The highest BCUT2D eigenvalue weighted by atomic mass is 28.4. The van der Waals surface area contributed by atoms with Gasteiger partial charge in [-0.3, -0.25) is 9.78 Å². The van der Waals surface area contributed by atoms with Crippen LogP contribution in [0.3, 0.4) is 0 Å². The number of primary amides is 1. The zero-order valence-electron chi connectivity index (χ0n) is 24.6. The highest BCUT2D eigenvalue weighted by Gasteiger charge is 2.37. The van der Waals surface area contributed by atoms with E-state index in [0.29, 0.717) is 18.8 Å². The van der Waals surface area contributed by atoms with E-state index in [1.165, 1.54) is 0 Å². The zero-order chi connectivity index (χ0) is 29.1. The van der Waals surface area contributed by atoms with Crippen molar-refractivity contribution in [2.75, 3.05) is 0 Å². The summed E-state index contributed by atoms with van der Waals surface area (Å²) in [4.78, 5) is 20.9. The lowest BCUT2D eigenvalue weighted by Crippen LogP contribution is -2.40. The predicted molar refractivity (Wildman–Crippen MR) is 162 cm³/mol. The fraction of sp³-hybridized carbons (Fsp3) is 0.387. The number of ether oxygens (including phenoxy) is 1. The molecule has 4 aromatic rings. The Balaban J connectivity index is 1.71. The molecule has 0 fully saturated rings. The van der Waals surface area contributed by atoms with Crippen LogP contribution in [-0.2, 0) is 15.8 Å². The average molecular weight is 559 g/mol. The van der Waals surface area contributed by atoms with E-state index < -0.39 is 8.32 Å². The van der Waals surface area contributed by atoms with Crippen molar-refractivity contribution < 1.29 is 14.0 Å². The molecule has 0 spiro atoms. The molecule has 3 aromatic heterocycles. The number of pyridine rings is 2. The lowest BCUT2D eigenvalue weighted by Gasteiger charge is -2.36. The SMILES string of the molecule is CC(C)Oc1cc(-c2cccc([CH]CCC(N)=O)n2)cc2c1cnn2-c1cccc(CO[Si](C)(C)C(C)(C)C)n1. The van der Waals surface area contributed by atoms with Gasteiger partial charge >= 0.3 is 0 Å². The first-order chi connectivity index (χ1) is 18.8. The molecule has 0 unspecified atom stereocenters. The summed E-state index contributed by atoms with van der Waals surface area (Å²) in [6.45, 7) is 15.7. The van der Waals surface area contributed by atoms with Gasteiger partial charge in [0.05, 0.1) is 41.2 Å². The molecule has 1 radical (unpaired) electrons. The van der Waals surface area contributed by atoms with E-state index >= 15 is 0 Å². The van der Waals surface area contributed by atoms with E-state index in [2.05, 4.69) is 39.9 Å². The van der Waals surface area contributed by atoms with Crippen LogP contribution < -0.4 is 10.5 Å². The van der Waals surface area contributed by atoms with Crippen LogP contribution >= 0.6 is 0 Å². The summed E-state index contributed by atoms with van der Waals surface area (Å²) >= 11 is 0. The number of aromatic nitrogens is 4. The van der Waals surface area contributed by atoms with Crippen LogP contribution in [0.1, 0.15) is 58.8 Å². The van der Waals surface area contributed by atoms with Crippen molar-refractivity contribution in [3.63, 3.8) is 0 Å². The maximum atomic E-state index is 11.1. The minimum absolute atomic E-state index is 0.0165. The van der Waals surface area contributed by atoms with E-state index in [-0.39, 0.29) is 23.5 Å². The van der Waals surface area contributed by atoms with Gasteiger partial charge in [0.1, 0.15) is 5.75 Å². The molecular formula is C31H40N5O3Si. The number of benzene rings is 1. The number of carbonyl (C=O) groups excluding carboxylic acids is 1. The van der Waals surface area contributed by atoms with Crippen molar-refractivity contribution in [3.05, 3.63) is 72.5 Å². The number of fused-ring (bicyclic) bond motifs is 1. The lowest BCUT2D eigenvalue weighted by molar-refractivity contribution is -0.117. The van der Waals surface area contributed by atoms with Gasteiger partial charge in [0.15, 0.2) is 14.1 Å². The molecule has 211 valence electrons. The van der Waals surface area contributed by atoms with Crippen molar-refractivity contribution >= 4 is 25.1 Å². The van der Waals surface area contributed by atoms with E-state index in [4.69, 9.17) is 30.0 Å². The molecule has 0 aliphatic carbocycles. The first kappa shape index (κ1) is 29.4. The van der Waals surface area contributed by atoms with Gasteiger partial charge < -0.3 is 14.9 Å². The van der Waals surface area contributed by atoms with Gasteiger partial charge in [0.25, 0.3) is 0 Å². The molecular weight excluding hydrogens is 518 g/mol. The number of hydrogen-bond donors (Lipinski definition) is 1. The molecule has 0 atom stereocenters. The van der Waals surface area contributed by atoms with Gasteiger partial charge in [0, 0.05) is 24.1 Å². The highest BCUT2D eigenvalue weighted by molar-refractivity contribution is 6.74. The average Bonchev–Trinajstić information content (AvgIpc) is 3.31. The van der Waals surface area contributed by atoms with Gasteiger partial charge in [-0.05, 0) is 74.8 Å². The third kappa shape index (κ3) is 6.95. The standard InChI is InChI=1S/C31H40N5O3Si/c1-21(2)39-28-18-22(26-14-8-11-23(34-26)12-9-15-29(32)37)17-27-25(28)19-33-36(27)30-16-10-13-24(35-30)20-38-40(6,7)31(3,4)5/h8,10-14,16-19,21H,9,15,20H2,1-7H3,(H2,32,37). The number of hydrogen-bond acceptors (Lipinski definition) is 6. The van der Waals surface area contributed by atoms with Crippen LogP contribution in [0.4, 0.5) is 0 Å². The third-order valence-electron chi connectivity index (χ3n) is 7.22. The van der Waals surface area contributed by atoms with Gasteiger partial charge in [-0.15, -0.1) is 0 Å². The van der Waals surface area contributed by atoms with Crippen molar-refractivity contribution in [2.45, 2.75) is 78.3 Å². The van der Waals surface area contributed by atoms with Crippen LogP contribution in [0.5, 0.6) is 5.75 Å². The third-order valence-corrected chi connectivity index (χ3v) is 11.7. The molecule has 0 bridgehead atoms. The molecule has 0 saturated heterocycles. The van der Waals surface area contributed by atoms with Crippen molar-refractivity contribution in [2.24, 2.45) is 5.73 Å². The normalized spacial score (nSPS) is 12.3. The molecule has 40 heavy (non-hydrogen) atoms. The summed E-state index contributed by atoms with van der Waals surface area (Å²) in [6, 6.07) is 15.8. The molecule has 0 aliphatic heterocycles. The maximum Gasteiger partial charge on any atom is 0.217 e. The summed E-state index contributed by atoms with van der Waals surface area (Å²) in [7, 11) is -1.91. The fourth-order valence-corrected chi connectivity index (χ4v) is 4.94. The van der Waals surface area contributed by atoms with E-state index in [9.17, 15) is 4.79 Å². The van der Waals surface area contributed by atoms with Gasteiger partial charge in [-0.25, -0.2) is 9.67 Å². The van der Waals surface area contributed by atoms with Gasteiger partial charge in [-0.1, -0.05) is 32.9 Å². The fourth-order valence-electron chi connectivity index (χ4n) is 4.00. The molecule has 0 aliphatic rings. The van der Waals surface area contributed by atoms with Crippen LogP contribution in [-0.4, -0.2) is 40.1 Å². The Morgan fingerprint density at radius 3 is 2.55 bits per heavy atom. The van der Waals surface area contributed by atoms with Gasteiger partial charge in [-0.2, -0.15) is 5.10 Å². The summed E-state index contributed by atoms with van der Waals surface area (Å²) in [6.07, 6.45) is 4.55. The molecule has 4 rings (SSSR count). The molecule has 2 N–H and O–H groups in total. The summed E-state index contributed by atoms with van der Waals surface area (Å²) in [5.41, 5.74) is 9.49. The Hall–Kier alpha value is -3.56. The minimum atomic E-state index is -1.91. The molecule has 1 amide bonds. The van der Waals surface area contributed by atoms with E-state index in [1.807, 2.05) is 73.6 Å². The predicted octanol–water partition coefficient (Wildman–Crippen LogP) is 6.61. The van der Waals surface area contributed by atoms with Crippen LogP contribution in [0.15, 0.2) is 54.7 Å². The number of carbonyl (C=O) groups is 1. The molecule has 3 heterocycles. The summed E-state index contributed by atoms with van der Waals surface area (Å²) < 4.78 is 14.5. The molecule has 0 saturated carbocycles. The summed E-state index contributed by atoms with van der Waals surface area (Å²) in [5.74, 6) is 1.11. The monoisotopic (exact) mass is 558 g/mol. The minimum Gasteiger partial charge on any atom is -0.490 e. The molecule has 9 heteroatoms. The van der Waals surface area contributed by atoms with E-state index in [1.54, 1.807) is 0 Å². The zero-order valence-corrected chi connectivity index (χ0v) is 25.6. The van der Waals surface area contributed by atoms with E-state index in [0.717, 1.165) is 39.3 Å². The number of nitrogens with two attached hydrogens (primary N) is 1. The maximum absolute atomic E-state index is 11.1. The van der Waals surface area contributed by atoms with Crippen molar-refractivity contribution in [1.82, 2.24) is 19.7 Å². The van der Waals surface area contributed by atoms with Crippen LogP contribution in [0.2, 0.25) is 18.1 Å². The Bertz CT molecular complexity index is 1490. The molecule has 8 nitrogen and oxygen atoms in total. The highest BCUT2D eigenvalue weighted by Crippen LogP contribution is 2.37.